The SMILES string of the molecule is CCc1nccn1CCN1CCN(C(=O)c2cc3ccc(OC)cc3[nH]2)CC1. The second-order valence-electron chi connectivity index (χ2n) is 7.16. The summed E-state index contributed by atoms with van der Waals surface area (Å²) in [6.07, 6.45) is 4.86. The van der Waals surface area contributed by atoms with E-state index in [4.69, 9.17) is 4.74 Å². The number of hydrogen-bond donors (Lipinski definition) is 1. The van der Waals surface area contributed by atoms with E-state index < -0.39 is 0 Å². The number of nitrogens with zero attached hydrogens (tertiary/aromatic N) is 4. The van der Waals surface area contributed by atoms with Gasteiger partial charge in [-0.1, -0.05) is 6.92 Å². The molecule has 7 nitrogen and oxygen atoms in total. The van der Waals surface area contributed by atoms with Crippen LogP contribution >= 0.6 is 0 Å². The van der Waals surface area contributed by atoms with Gasteiger partial charge in [-0.3, -0.25) is 9.69 Å². The predicted molar refractivity (Wildman–Crippen MR) is 109 cm³/mol. The minimum Gasteiger partial charge on any atom is -0.497 e. The first-order chi connectivity index (χ1) is 13.7. The van der Waals surface area contributed by atoms with E-state index in [0.717, 1.165) is 68.2 Å². The number of ether oxygens (including phenoxy) is 1. The van der Waals surface area contributed by atoms with Crippen LogP contribution in [0, 0.1) is 0 Å². The van der Waals surface area contributed by atoms with E-state index in [1.807, 2.05) is 41.6 Å². The van der Waals surface area contributed by atoms with E-state index in [1.165, 1.54) is 0 Å². The summed E-state index contributed by atoms with van der Waals surface area (Å²) in [7, 11) is 1.64. The van der Waals surface area contributed by atoms with E-state index in [1.54, 1.807) is 7.11 Å². The first-order valence-electron chi connectivity index (χ1n) is 9.86. The third kappa shape index (κ3) is 3.75. The van der Waals surface area contributed by atoms with Crippen molar-refractivity contribution < 1.29 is 9.53 Å². The van der Waals surface area contributed by atoms with Crippen LogP contribution in [0.3, 0.4) is 0 Å². The van der Waals surface area contributed by atoms with Gasteiger partial charge in [-0.05, 0) is 18.2 Å². The van der Waals surface area contributed by atoms with Gasteiger partial charge in [-0.15, -0.1) is 0 Å². The van der Waals surface area contributed by atoms with Crippen molar-refractivity contribution >= 4 is 16.8 Å². The lowest BCUT2D eigenvalue weighted by Crippen LogP contribution is -2.49. The molecule has 1 amide bonds. The number of H-pyrrole nitrogens is 1. The molecule has 0 spiro atoms. The van der Waals surface area contributed by atoms with Crippen LogP contribution in [0.5, 0.6) is 5.75 Å². The van der Waals surface area contributed by atoms with Gasteiger partial charge >= 0.3 is 0 Å². The summed E-state index contributed by atoms with van der Waals surface area (Å²) < 4.78 is 7.48. The van der Waals surface area contributed by atoms with Crippen LogP contribution in [-0.2, 0) is 13.0 Å². The number of hydrogen-bond acceptors (Lipinski definition) is 4. The maximum Gasteiger partial charge on any atom is 0.270 e. The maximum absolute atomic E-state index is 12.9. The molecule has 0 aliphatic carbocycles. The van der Waals surface area contributed by atoms with Crippen molar-refractivity contribution in [3.63, 3.8) is 0 Å². The van der Waals surface area contributed by atoms with E-state index in [0.29, 0.717) is 5.69 Å². The summed E-state index contributed by atoms with van der Waals surface area (Å²) in [6.45, 7) is 7.36. The monoisotopic (exact) mass is 381 g/mol. The van der Waals surface area contributed by atoms with Crippen LogP contribution in [0.4, 0.5) is 0 Å². The zero-order valence-electron chi connectivity index (χ0n) is 16.5. The van der Waals surface area contributed by atoms with Crippen LogP contribution in [0.2, 0.25) is 0 Å². The van der Waals surface area contributed by atoms with Crippen molar-refractivity contribution in [2.75, 3.05) is 39.8 Å². The Morgan fingerprint density at radius 2 is 2.00 bits per heavy atom. The summed E-state index contributed by atoms with van der Waals surface area (Å²) in [6, 6.07) is 7.73. The predicted octanol–water partition coefficient (Wildman–Crippen LogP) is 2.39. The minimum absolute atomic E-state index is 0.0673. The Morgan fingerprint density at radius 1 is 1.18 bits per heavy atom. The molecular formula is C21H27N5O2. The number of aromatic amines is 1. The Hall–Kier alpha value is -2.80. The standard InChI is InChI=1S/C21H27N5O2/c1-3-20-22-6-7-25(20)11-8-24-9-12-26(13-10-24)21(27)19-14-16-4-5-17(28-2)15-18(16)23-19/h4-7,14-15,23H,3,8-13H2,1-2H3. The smallest absolute Gasteiger partial charge is 0.270 e. The van der Waals surface area contributed by atoms with Crippen molar-refractivity contribution in [2.24, 2.45) is 0 Å². The van der Waals surface area contributed by atoms with Crippen LogP contribution in [-0.4, -0.2) is 70.1 Å². The number of rotatable bonds is 6. The van der Waals surface area contributed by atoms with E-state index in [9.17, 15) is 4.79 Å². The zero-order chi connectivity index (χ0) is 19.5. The highest BCUT2D eigenvalue weighted by Gasteiger charge is 2.23. The fourth-order valence-electron chi connectivity index (χ4n) is 3.80. The van der Waals surface area contributed by atoms with Gasteiger partial charge in [0, 0.05) is 75.1 Å². The molecule has 0 saturated carbocycles. The highest BCUT2D eigenvalue weighted by atomic mass is 16.5. The van der Waals surface area contributed by atoms with Gasteiger partial charge in [0.05, 0.1) is 7.11 Å². The van der Waals surface area contributed by atoms with Gasteiger partial charge in [-0.2, -0.15) is 0 Å². The second-order valence-corrected chi connectivity index (χ2v) is 7.16. The van der Waals surface area contributed by atoms with Crippen LogP contribution in [0.15, 0.2) is 36.7 Å². The number of amides is 1. The van der Waals surface area contributed by atoms with Crippen molar-refractivity contribution in [3.05, 3.63) is 48.2 Å². The molecule has 1 aromatic carbocycles. The molecule has 1 saturated heterocycles. The highest BCUT2D eigenvalue weighted by Crippen LogP contribution is 2.22. The lowest BCUT2D eigenvalue weighted by atomic mass is 10.2. The van der Waals surface area contributed by atoms with Gasteiger partial charge in [-0.25, -0.2) is 4.98 Å². The number of methoxy groups -OCH3 is 1. The molecule has 0 unspecified atom stereocenters. The fraction of sp³-hybridized carbons (Fsp3) is 0.429. The van der Waals surface area contributed by atoms with Crippen LogP contribution in [0.1, 0.15) is 23.2 Å². The molecule has 148 valence electrons. The molecule has 1 aliphatic heterocycles. The molecule has 2 aromatic heterocycles. The normalized spacial score (nSPS) is 15.3. The molecule has 1 fully saturated rings. The number of carbonyl (C=O) groups is 1. The first kappa shape index (κ1) is 18.6. The highest BCUT2D eigenvalue weighted by molar-refractivity contribution is 5.98. The number of aromatic nitrogens is 3. The van der Waals surface area contributed by atoms with E-state index in [2.05, 4.69) is 26.4 Å². The molecule has 3 aromatic rings. The zero-order valence-corrected chi connectivity index (χ0v) is 16.5. The molecule has 3 heterocycles. The minimum atomic E-state index is 0.0673. The summed E-state index contributed by atoms with van der Waals surface area (Å²) in [5, 5.41) is 1.02. The third-order valence-electron chi connectivity index (χ3n) is 5.49. The molecular weight excluding hydrogens is 354 g/mol. The summed E-state index contributed by atoms with van der Waals surface area (Å²) in [5.41, 5.74) is 1.57. The largest absolute Gasteiger partial charge is 0.497 e. The van der Waals surface area contributed by atoms with Gasteiger partial charge in [0.15, 0.2) is 0 Å². The molecule has 1 aliphatic rings. The van der Waals surface area contributed by atoms with Crippen LogP contribution in [0.25, 0.3) is 10.9 Å². The first-order valence-corrected chi connectivity index (χ1v) is 9.86. The van der Waals surface area contributed by atoms with Crippen molar-refractivity contribution in [3.8, 4) is 5.75 Å². The van der Waals surface area contributed by atoms with E-state index >= 15 is 0 Å². The number of carbonyl (C=O) groups excluding carboxylic acids is 1. The topological polar surface area (TPSA) is 66.4 Å². The maximum atomic E-state index is 12.9. The molecule has 7 heteroatoms. The van der Waals surface area contributed by atoms with Crippen LogP contribution < -0.4 is 4.74 Å². The number of fused-ring (bicyclic) bond motifs is 1. The van der Waals surface area contributed by atoms with Gasteiger partial charge in [0.1, 0.15) is 17.3 Å². The molecule has 1 N–H and O–H groups in total. The lowest BCUT2D eigenvalue weighted by Gasteiger charge is -2.34. The van der Waals surface area contributed by atoms with Crippen molar-refractivity contribution in [2.45, 2.75) is 19.9 Å². The fourth-order valence-corrected chi connectivity index (χ4v) is 3.80. The average molecular weight is 381 g/mol. The Labute approximate surface area is 164 Å². The number of aryl methyl sites for hydroxylation is 1. The summed E-state index contributed by atoms with van der Waals surface area (Å²) >= 11 is 0. The Bertz CT molecular complexity index is 953. The molecule has 28 heavy (non-hydrogen) atoms. The van der Waals surface area contributed by atoms with Gasteiger partial charge in [0.2, 0.25) is 0 Å². The summed E-state index contributed by atoms with van der Waals surface area (Å²) in [5.74, 6) is 1.98. The Kier molecular flexibility index (Phi) is 5.34. The van der Waals surface area contributed by atoms with Crippen molar-refractivity contribution in [1.82, 2.24) is 24.3 Å². The lowest BCUT2D eigenvalue weighted by molar-refractivity contribution is 0.0628. The average Bonchev–Trinajstić information content (AvgIpc) is 3.37. The second kappa shape index (κ2) is 8.06. The van der Waals surface area contributed by atoms with Crippen molar-refractivity contribution in [1.29, 1.82) is 0 Å². The Balaban J connectivity index is 1.33. The number of imidazole rings is 1. The molecule has 0 atom stereocenters. The number of nitrogens with one attached hydrogen (secondary N) is 1. The van der Waals surface area contributed by atoms with Gasteiger partial charge in [0.25, 0.3) is 5.91 Å². The Morgan fingerprint density at radius 3 is 2.75 bits per heavy atom. The third-order valence-corrected chi connectivity index (χ3v) is 5.49. The van der Waals surface area contributed by atoms with E-state index in [-0.39, 0.29) is 5.91 Å². The quantitative estimate of drug-likeness (QED) is 0.712. The number of piperazine rings is 1. The molecule has 0 bridgehead atoms. The number of benzene rings is 1. The molecule has 4 rings (SSSR count). The van der Waals surface area contributed by atoms with Gasteiger partial charge < -0.3 is 19.2 Å². The summed E-state index contributed by atoms with van der Waals surface area (Å²) in [4.78, 5) is 24.9. The molecule has 0 radical (unpaired) electrons.